The lowest BCUT2D eigenvalue weighted by atomic mass is 9.77. The van der Waals surface area contributed by atoms with E-state index in [2.05, 4.69) is 25.1 Å². The molecule has 0 saturated carbocycles. The van der Waals surface area contributed by atoms with Crippen molar-refractivity contribution in [2.75, 3.05) is 37.6 Å². The predicted molar refractivity (Wildman–Crippen MR) is 117 cm³/mol. The Morgan fingerprint density at radius 1 is 1.22 bits per heavy atom. The molecule has 0 bridgehead atoms. The second kappa shape index (κ2) is 8.11. The van der Waals surface area contributed by atoms with Gasteiger partial charge in [0.2, 0.25) is 0 Å². The van der Waals surface area contributed by atoms with Crippen molar-refractivity contribution in [2.24, 2.45) is 5.41 Å². The number of aryl methyl sites for hydroxylation is 1. The van der Waals surface area contributed by atoms with Crippen LogP contribution in [0.4, 0.5) is 10.2 Å². The summed E-state index contributed by atoms with van der Waals surface area (Å²) in [6, 6.07) is 8.62. The molecule has 2 saturated heterocycles. The van der Waals surface area contributed by atoms with Crippen LogP contribution < -0.4 is 4.90 Å². The molecule has 9 heteroatoms. The van der Waals surface area contributed by atoms with E-state index in [1.54, 1.807) is 10.8 Å². The fourth-order valence-corrected chi connectivity index (χ4v) is 5.12. The number of rotatable bonds is 4. The van der Waals surface area contributed by atoms with Crippen molar-refractivity contribution in [3.05, 3.63) is 53.1 Å². The summed E-state index contributed by atoms with van der Waals surface area (Å²) in [6.07, 6.45) is 4.10. The number of nitriles is 1. The van der Waals surface area contributed by atoms with Gasteiger partial charge in [-0.15, -0.1) is 15.3 Å². The molecule has 1 atom stereocenters. The first-order chi connectivity index (χ1) is 15.5. The van der Waals surface area contributed by atoms with Crippen molar-refractivity contribution in [3.63, 3.8) is 0 Å². The zero-order valence-electron chi connectivity index (χ0n) is 18.1. The highest BCUT2D eigenvalue weighted by atomic mass is 19.1. The summed E-state index contributed by atoms with van der Waals surface area (Å²) in [5.74, 6) is 0.374. The molecule has 1 spiro atoms. The van der Waals surface area contributed by atoms with Gasteiger partial charge in [-0.05, 0) is 80.1 Å². The summed E-state index contributed by atoms with van der Waals surface area (Å²) in [5, 5.41) is 32.3. The molecule has 5 rings (SSSR count). The first-order valence-electron chi connectivity index (χ1n) is 11.0. The Balaban J connectivity index is 1.20. The van der Waals surface area contributed by atoms with Gasteiger partial charge in [-0.2, -0.15) is 9.78 Å². The van der Waals surface area contributed by atoms with E-state index < -0.39 is 11.9 Å². The number of aliphatic hydroxyl groups is 1. The van der Waals surface area contributed by atoms with Crippen LogP contribution in [-0.2, 0) is 0 Å². The molecule has 32 heavy (non-hydrogen) atoms. The molecule has 2 aliphatic rings. The SMILES string of the molecule is Cc1cc(C#N)c(F)cc1C(O)CN1CCC2(CC1)CCN(c1ccc3nncn3n1)C2. The quantitative estimate of drug-likeness (QED) is 0.673. The zero-order chi connectivity index (χ0) is 22.3. The average Bonchev–Trinajstić information content (AvgIpc) is 3.43. The Kier molecular flexibility index (Phi) is 5.27. The third-order valence-electron chi connectivity index (χ3n) is 7.09. The molecule has 2 aliphatic heterocycles. The molecule has 8 nitrogen and oxygen atoms in total. The van der Waals surface area contributed by atoms with E-state index in [0.29, 0.717) is 12.1 Å². The molecule has 0 radical (unpaired) electrons. The van der Waals surface area contributed by atoms with E-state index in [1.807, 2.05) is 25.1 Å². The Morgan fingerprint density at radius 3 is 2.78 bits per heavy atom. The van der Waals surface area contributed by atoms with Gasteiger partial charge in [0.15, 0.2) is 5.65 Å². The topological polar surface area (TPSA) is 93.6 Å². The molecule has 2 fully saturated rings. The summed E-state index contributed by atoms with van der Waals surface area (Å²) in [6.45, 7) is 6.04. The van der Waals surface area contributed by atoms with Gasteiger partial charge < -0.3 is 14.9 Å². The second-order valence-corrected chi connectivity index (χ2v) is 9.11. The fraction of sp³-hybridized carbons (Fsp3) is 0.478. The minimum atomic E-state index is -0.772. The fourth-order valence-electron chi connectivity index (χ4n) is 5.12. The Hall–Kier alpha value is -3.09. The van der Waals surface area contributed by atoms with Crippen LogP contribution >= 0.6 is 0 Å². The van der Waals surface area contributed by atoms with E-state index in [-0.39, 0.29) is 11.0 Å². The summed E-state index contributed by atoms with van der Waals surface area (Å²) in [4.78, 5) is 4.60. The van der Waals surface area contributed by atoms with Crippen LogP contribution in [-0.4, -0.2) is 62.5 Å². The summed E-state index contributed by atoms with van der Waals surface area (Å²) in [5.41, 5.74) is 2.33. The van der Waals surface area contributed by atoms with Crippen LogP contribution in [0, 0.1) is 29.5 Å². The number of aromatic nitrogens is 4. The van der Waals surface area contributed by atoms with Crippen LogP contribution in [0.1, 0.15) is 42.1 Å². The van der Waals surface area contributed by atoms with E-state index in [4.69, 9.17) is 5.26 Å². The molecular formula is C23H26FN7O. The van der Waals surface area contributed by atoms with Crippen LogP contribution in [0.15, 0.2) is 30.6 Å². The lowest BCUT2D eigenvalue weighted by Gasteiger charge is -2.40. The standard InChI is InChI=1S/C23H26FN7O/c1-16-10-17(12-25)19(24)11-18(16)20(32)13-29-7-4-23(5-8-29)6-9-30(14-23)22-3-2-21-27-26-15-31(21)28-22/h2-3,10-11,15,20,32H,4-9,13-14H2,1H3. The van der Waals surface area contributed by atoms with Gasteiger partial charge in [0.05, 0.1) is 11.7 Å². The van der Waals surface area contributed by atoms with Gasteiger partial charge in [0.1, 0.15) is 24.0 Å². The number of fused-ring (bicyclic) bond motifs is 1. The number of β-amino-alcohol motifs (C(OH)–C–C–N with tert-alkyl or cyclic N) is 1. The Labute approximate surface area is 185 Å². The van der Waals surface area contributed by atoms with Gasteiger partial charge in [-0.1, -0.05) is 0 Å². The van der Waals surface area contributed by atoms with E-state index in [1.165, 1.54) is 12.1 Å². The van der Waals surface area contributed by atoms with Crippen LogP contribution in [0.3, 0.4) is 0 Å². The molecule has 1 N–H and O–H groups in total. The highest BCUT2D eigenvalue weighted by Crippen LogP contribution is 2.41. The lowest BCUT2D eigenvalue weighted by molar-refractivity contribution is 0.0647. The summed E-state index contributed by atoms with van der Waals surface area (Å²) >= 11 is 0. The van der Waals surface area contributed by atoms with Gasteiger partial charge >= 0.3 is 0 Å². The van der Waals surface area contributed by atoms with Crippen molar-refractivity contribution >= 4 is 11.5 Å². The zero-order valence-corrected chi connectivity index (χ0v) is 18.1. The van der Waals surface area contributed by atoms with Gasteiger partial charge in [0, 0.05) is 19.6 Å². The van der Waals surface area contributed by atoms with Crippen LogP contribution in [0.25, 0.3) is 5.65 Å². The maximum absolute atomic E-state index is 14.0. The number of halogens is 1. The van der Waals surface area contributed by atoms with E-state index in [9.17, 15) is 9.50 Å². The van der Waals surface area contributed by atoms with Gasteiger partial charge in [-0.3, -0.25) is 0 Å². The number of benzene rings is 1. The first-order valence-corrected chi connectivity index (χ1v) is 11.0. The number of aliphatic hydroxyl groups excluding tert-OH is 1. The third-order valence-corrected chi connectivity index (χ3v) is 7.09. The minimum Gasteiger partial charge on any atom is -0.387 e. The molecule has 1 aromatic carbocycles. The van der Waals surface area contributed by atoms with E-state index in [0.717, 1.165) is 62.5 Å². The van der Waals surface area contributed by atoms with Crippen LogP contribution in [0.5, 0.6) is 0 Å². The molecule has 166 valence electrons. The molecule has 1 unspecified atom stereocenters. The summed E-state index contributed by atoms with van der Waals surface area (Å²) in [7, 11) is 0. The number of anilines is 1. The molecule has 0 amide bonds. The maximum atomic E-state index is 14.0. The molecule has 4 heterocycles. The third kappa shape index (κ3) is 3.80. The number of nitrogens with zero attached hydrogens (tertiary/aromatic N) is 7. The van der Waals surface area contributed by atoms with Gasteiger partial charge in [-0.25, -0.2) is 4.39 Å². The minimum absolute atomic E-state index is 0.0158. The molecule has 2 aromatic heterocycles. The van der Waals surface area contributed by atoms with Crippen LogP contribution in [0.2, 0.25) is 0 Å². The molecule has 0 aliphatic carbocycles. The van der Waals surface area contributed by atoms with E-state index >= 15 is 0 Å². The number of hydrogen-bond acceptors (Lipinski definition) is 7. The predicted octanol–water partition coefficient (Wildman–Crippen LogP) is 2.47. The van der Waals surface area contributed by atoms with Crippen molar-refractivity contribution in [3.8, 4) is 6.07 Å². The van der Waals surface area contributed by atoms with Crippen molar-refractivity contribution in [1.29, 1.82) is 5.26 Å². The lowest BCUT2D eigenvalue weighted by Crippen LogP contribution is -2.43. The number of hydrogen-bond donors (Lipinski definition) is 1. The van der Waals surface area contributed by atoms with Crippen molar-refractivity contribution in [1.82, 2.24) is 24.7 Å². The normalized spacial score (nSPS) is 19.5. The smallest absolute Gasteiger partial charge is 0.177 e. The highest BCUT2D eigenvalue weighted by Gasteiger charge is 2.41. The Bertz CT molecular complexity index is 1180. The van der Waals surface area contributed by atoms with Crippen molar-refractivity contribution < 1.29 is 9.50 Å². The summed E-state index contributed by atoms with van der Waals surface area (Å²) < 4.78 is 15.8. The second-order valence-electron chi connectivity index (χ2n) is 9.11. The monoisotopic (exact) mass is 435 g/mol. The number of likely N-dealkylation sites (tertiary alicyclic amines) is 1. The molecular weight excluding hydrogens is 409 g/mol. The largest absolute Gasteiger partial charge is 0.387 e. The van der Waals surface area contributed by atoms with Gasteiger partial charge in [0.25, 0.3) is 0 Å². The highest BCUT2D eigenvalue weighted by molar-refractivity contribution is 5.46. The average molecular weight is 436 g/mol. The van der Waals surface area contributed by atoms with Crippen molar-refractivity contribution in [2.45, 2.75) is 32.3 Å². The maximum Gasteiger partial charge on any atom is 0.177 e. The molecule has 3 aromatic rings. The number of piperidine rings is 1. The Morgan fingerprint density at radius 2 is 2.00 bits per heavy atom. The first kappa shape index (κ1) is 20.8.